The molecule has 3 aliphatic heterocycles. The van der Waals surface area contributed by atoms with Gasteiger partial charge in [0.15, 0.2) is 11.5 Å². The van der Waals surface area contributed by atoms with Crippen molar-refractivity contribution in [3.8, 4) is 17.2 Å². The molecule has 0 bridgehead atoms. The first kappa shape index (κ1) is 18.4. The normalized spacial score (nSPS) is 24.6. The molecule has 1 spiro atoms. The maximum absolute atomic E-state index is 11.2. The van der Waals surface area contributed by atoms with Gasteiger partial charge in [-0.1, -0.05) is 0 Å². The van der Waals surface area contributed by atoms with Crippen LogP contribution in [0.4, 0.5) is 0 Å². The predicted molar refractivity (Wildman–Crippen MR) is 99.6 cm³/mol. The van der Waals surface area contributed by atoms with Crippen LogP contribution in [-0.4, -0.2) is 62.0 Å². The summed E-state index contributed by atoms with van der Waals surface area (Å²) in [4.78, 5) is 13.7. The third kappa shape index (κ3) is 3.84. The third-order valence-electron chi connectivity index (χ3n) is 6.12. The molecule has 148 valence electrons. The van der Waals surface area contributed by atoms with Crippen LogP contribution in [0.1, 0.15) is 31.2 Å². The van der Waals surface area contributed by atoms with E-state index in [-0.39, 0.29) is 5.41 Å². The van der Waals surface area contributed by atoms with E-state index < -0.39 is 12.0 Å². The Hall–Kier alpha value is -1.99. The van der Waals surface area contributed by atoms with Crippen LogP contribution in [0.15, 0.2) is 12.1 Å². The lowest BCUT2D eigenvalue weighted by atomic mass is 9.76. The second-order valence-electron chi connectivity index (χ2n) is 7.91. The van der Waals surface area contributed by atoms with E-state index in [0.29, 0.717) is 13.2 Å². The Bertz CT molecular complexity index is 700. The van der Waals surface area contributed by atoms with Crippen LogP contribution in [0.2, 0.25) is 0 Å². The van der Waals surface area contributed by atoms with Gasteiger partial charge in [-0.2, -0.15) is 0 Å². The van der Waals surface area contributed by atoms with Gasteiger partial charge in [-0.3, -0.25) is 9.69 Å². The van der Waals surface area contributed by atoms with Gasteiger partial charge in [0.2, 0.25) is 0 Å². The van der Waals surface area contributed by atoms with Crippen molar-refractivity contribution in [3.05, 3.63) is 17.7 Å². The van der Waals surface area contributed by atoms with Gasteiger partial charge in [-0.25, -0.2) is 0 Å². The van der Waals surface area contributed by atoms with Crippen molar-refractivity contribution in [2.75, 3.05) is 40.0 Å². The molecule has 0 aromatic heterocycles. The Labute approximate surface area is 159 Å². The number of ether oxygens (including phenoxy) is 3. The fourth-order valence-corrected chi connectivity index (χ4v) is 4.44. The molecule has 1 aromatic carbocycles. The number of benzene rings is 1. The lowest BCUT2D eigenvalue weighted by Crippen LogP contribution is -2.40. The molecule has 1 atom stereocenters. The molecule has 2 N–H and O–H groups in total. The van der Waals surface area contributed by atoms with Crippen LogP contribution in [0.5, 0.6) is 17.2 Å². The number of aliphatic carboxylic acids is 1. The Kier molecular flexibility index (Phi) is 5.14. The number of carboxylic acids is 1. The van der Waals surface area contributed by atoms with E-state index in [9.17, 15) is 9.90 Å². The first-order valence-electron chi connectivity index (χ1n) is 9.74. The average Bonchev–Trinajstić information content (AvgIpc) is 2.95. The van der Waals surface area contributed by atoms with E-state index >= 15 is 0 Å². The van der Waals surface area contributed by atoms with Crippen molar-refractivity contribution >= 4 is 5.97 Å². The molecule has 7 heteroatoms. The van der Waals surface area contributed by atoms with Crippen LogP contribution in [0, 0.1) is 5.41 Å². The second kappa shape index (κ2) is 7.56. The van der Waals surface area contributed by atoms with Crippen LogP contribution >= 0.6 is 0 Å². The molecule has 0 unspecified atom stereocenters. The molecule has 0 amide bonds. The molecular weight excluding hydrogens is 348 g/mol. The van der Waals surface area contributed by atoms with Gasteiger partial charge >= 0.3 is 5.97 Å². The maximum Gasteiger partial charge on any atom is 0.320 e. The van der Waals surface area contributed by atoms with Crippen molar-refractivity contribution in [1.29, 1.82) is 0 Å². The molecule has 3 aliphatic rings. The van der Waals surface area contributed by atoms with Gasteiger partial charge in [0.05, 0.1) is 20.3 Å². The Balaban J connectivity index is 1.42. The summed E-state index contributed by atoms with van der Waals surface area (Å²) in [6.45, 7) is 4.87. The van der Waals surface area contributed by atoms with E-state index in [0.717, 1.165) is 74.7 Å². The molecule has 27 heavy (non-hydrogen) atoms. The van der Waals surface area contributed by atoms with Crippen molar-refractivity contribution in [3.63, 3.8) is 0 Å². The van der Waals surface area contributed by atoms with Crippen molar-refractivity contribution < 1.29 is 24.1 Å². The number of nitrogens with one attached hydrogen (secondary N) is 1. The lowest BCUT2D eigenvalue weighted by molar-refractivity contribution is -0.139. The molecule has 1 aromatic rings. The van der Waals surface area contributed by atoms with Crippen LogP contribution in [-0.2, 0) is 11.3 Å². The minimum Gasteiger partial charge on any atom is -0.496 e. The SMILES string of the molecule is COc1cc2c(cc1CN1CCC3(CC1)CN[C@@H](C(=O)O)C3)OCCCO2. The summed E-state index contributed by atoms with van der Waals surface area (Å²) in [6.07, 6.45) is 3.67. The van der Waals surface area contributed by atoms with E-state index in [1.165, 1.54) is 0 Å². The topological polar surface area (TPSA) is 80.3 Å². The van der Waals surface area contributed by atoms with E-state index in [1.807, 2.05) is 12.1 Å². The quantitative estimate of drug-likeness (QED) is 0.831. The number of carboxylic acid groups (broad SMARTS) is 1. The summed E-state index contributed by atoms with van der Waals surface area (Å²) in [6, 6.07) is 3.58. The van der Waals surface area contributed by atoms with Crippen LogP contribution in [0.25, 0.3) is 0 Å². The summed E-state index contributed by atoms with van der Waals surface area (Å²) in [5, 5.41) is 12.4. The molecule has 4 rings (SSSR count). The number of hydrogen-bond acceptors (Lipinski definition) is 6. The molecule has 3 heterocycles. The highest BCUT2D eigenvalue weighted by Gasteiger charge is 2.43. The minimum atomic E-state index is -0.730. The Morgan fingerprint density at radius 3 is 2.63 bits per heavy atom. The highest BCUT2D eigenvalue weighted by Crippen LogP contribution is 2.41. The summed E-state index contributed by atoms with van der Waals surface area (Å²) >= 11 is 0. The summed E-state index contributed by atoms with van der Waals surface area (Å²) < 4.78 is 17.2. The predicted octanol–water partition coefficient (Wildman–Crippen LogP) is 1.89. The summed E-state index contributed by atoms with van der Waals surface area (Å²) in [5.74, 6) is 1.64. The van der Waals surface area contributed by atoms with Gasteiger partial charge in [-0.15, -0.1) is 0 Å². The molecule has 2 saturated heterocycles. The molecule has 0 aliphatic carbocycles. The van der Waals surface area contributed by atoms with Gasteiger partial charge < -0.3 is 24.6 Å². The molecule has 0 saturated carbocycles. The van der Waals surface area contributed by atoms with Crippen molar-refractivity contribution in [1.82, 2.24) is 10.2 Å². The van der Waals surface area contributed by atoms with E-state index in [1.54, 1.807) is 7.11 Å². The van der Waals surface area contributed by atoms with Gasteiger partial charge in [0.25, 0.3) is 0 Å². The number of fused-ring (bicyclic) bond motifs is 1. The number of hydrogen-bond donors (Lipinski definition) is 2. The molecular formula is C20H28N2O5. The average molecular weight is 376 g/mol. The fraction of sp³-hybridized carbons (Fsp3) is 0.650. The zero-order chi connectivity index (χ0) is 18.9. The number of piperidine rings is 1. The van der Waals surface area contributed by atoms with E-state index in [4.69, 9.17) is 14.2 Å². The number of carbonyl (C=O) groups is 1. The largest absolute Gasteiger partial charge is 0.496 e. The highest BCUT2D eigenvalue weighted by atomic mass is 16.5. The van der Waals surface area contributed by atoms with Crippen molar-refractivity contribution in [2.24, 2.45) is 5.41 Å². The van der Waals surface area contributed by atoms with Gasteiger partial charge in [0, 0.05) is 31.1 Å². The van der Waals surface area contributed by atoms with Gasteiger partial charge in [0.1, 0.15) is 11.8 Å². The fourth-order valence-electron chi connectivity index (χ4n) is 4.44. The second-order valence-corrected chi connectivity index (χ2v) is 7.91. The zero-order valence-electron chi connectivity index (χ0n) is 15.8. The number of rotatable bonds is 4. The summed E-state index contributed by atoms with van der Waals surface area (Å²) in [7, 11) is 1.68. The number of likely N-dealkylation sites (tertiary alicyclic amines) is 1. The van der Waals surface area contributed by atoms with E-state index in [2.05, 4.69) is 10.2 Å². The smallest absolute Gasteiger partial charge is 0.320 e. The van der Waals surface area contributed by atoms with Crippen LogP contribution in [0.3, 0.4) is 0 Å². The maximum atomic E-state index is 11.2. The zero-order valence-corrected chi connectivity index (χ0v) is 15.8. The van der Waals surface area contributed by atoms with Crippen molar-refractivity contribution in [2.45, 2.75) is 38.3 Å². The first-order valence-corrected chi connectivity index (χ1v) is 9.74. The standard InChI is InChI=1S/C20H28N2O5/c1-25-16-10-18-17(26-7-2-8-27-18)9-14(16)12-22-5-3-20(4-6-22)11-15(19(23)24)21-13-20/h9-10,15,21H,2-8,11-13H2,1H3,(H,23,24)/t15-/m1/s1. The molecule has 7 nitrogen and oxygen atoms in total. The van der Waals surface area contributed by atoms with Gasteiger partial charge in [-0.05, 0) is 43.8 Å². The summed E-state index contributed by atoms with van der Waals surface area (Å²) in [5.41, 5.74) is 1.24. The lowest BCUT2D eigenvalue weighted by Gasteiger charge is -2.39. The Morgan fingerprint density at radius 2 is 2.00 bits per heavy atom. The highest BCUT2D eigenvalue weighted by molar-refractivity contribution is 5.74. The minimum absolute atomic E-state index is 0.133. The Morgan fingerprint density at radius 1 is 1.30 bits per heavy atom. The third-order valence-corrected chi connectivity index (χ3v) is 6.12. The molecule has 2 fully saturated rings. The number of nitrogens with zero attached hydrogens (tertiary/aromatic N) is 1. The van der Waals surface area contributed by atoms with Crippen LogP contribution < -0.4 is 19.5 Å². The first-order chi connectivity index (χ1) is 13.1. The number of methoxy groups -OCH3 is 1. The molecule has 0 radical (unpaired) electrons. The monoisotopic (exact) mass is 376 g/mol.